The van der Waals surface area contributed by atoms with Crippen molar-refractivity contribution in [3.8, 4) is 11.4 Å². The molecule has 0 radical (unpaired) electrons. The molecule has 0 atom stereocenters. The zero-order valence-corrected chi connectivity index (χ0v) is 12.9. The van der Waals surface area contributed by atoms with E-state index in [1.54, 1.807) is 30.3 Å². The van der Waals surface area contributed by atoms with Crippen molar-refractivity contribution < 1.29 is 8.78 Å². The van der Waals surface area contributed by atoms with Gasteiger partial charge < -0.3 is 0 Å². The number of fused-ring (bicyclic) bond motifs is 1. The number of aromatic nitrogens is 3. The lowest BCUT2D eigenvalue weighted by atomic mass is 10.2. The van der Waals surface area contributed by atoms with E-state index in [-0.39, 0.29) is 11.4 Å². The van der Waals surface area contributed by atoms with Gasteiger partial charge in [-0.15, -0.1) is 5.10 Å². The van der Waals surface area contributed by atoms with Gasteiger partial charge in [0.2, 0.25) is 4.96 Å². The predicted octanol–water partition coefficient (Wildman–Crippen LogP) is 2.64. The van der Waals surface area contributed by atoms with E-state index >= 15 is 0 Å². The molecule has 118 valence electrons. The minimum atomic E-state index is -0.400. The molecule has 0 N–H and O–H groups in total. The molecule has 0 bridgehead atoms. The van der Waals surface area contributed by atoms with Gasteiger partial charge in [0.25, 0.3) is 5.56 Å². The number of hydrogen-bond acceptors (Lipinski definition) is 4. The third-order valence-electron chi connectivity index (χ3n) is 3.48. The minimum Gasteiger partial charge on any atom is -0.266 e. The summed E-state index contributed by atoms with van der Waals surface area (Å²) in [6.45, 7) is 0. The molecule has 0 aliphatic heterocycles. The van der Waals surface area contributed by atoms with Crippen molar-refractivity contribution >= 4 is 22.4 Å². The summed E-state index contributed by atoms with van der Waals surface area (Å²) in [6.07, 6.45) is 1.48. The topological polar surface area (TPSA) is 47.3 Å². The molecule has 0 saturated heterocycles. The molecular formula is C17H9F2N3OS. The fourth-order valence-electron chi connectivity index (χ4n) is 2.29. The fourth-order valence-corrected chi connectivity index (χ4v) is 3.19. The van der Waals surface area contributed by atoms with Crippen LogP contribution in [0.25, 0.3) is 22.4 Å². The highest BCUT2D eigenvalue weighted by molar-refractivity contribution is 7.15. The van der Waals surface area contributed by atoms with Crippen LogP contribution in [0.4, 0.5) is 8.78 Å². The normalized spacial score (nSPS) is 12.2. The van der Waals surface area contributed by atoms with Crippen LogP contribution in [0.3, 0.4) is 0 Å². The molecule has 2 aromatic heterocycles. The number of benzene rings is 2. The van der Waals surface area contributed by atoms with E-state index < -0.39 is 5.82 Å². The Hall–Kier alpha value is -2.93. The maximum absolute atomic E-state index is 13.7. The van der Waals surface area contributed by atoms with Gasteiger partial charge >= 0.3 is 0 Å². The predicted molar refractivity (Wildman–Crippen MR) is 87.7 cm³/mol. The van der Waals surface area contributed by atoms with E-state index in [0.717, 1.165) is 11.3 Å². The zero-order chi connectivity index (χ0) is 16.7. The van der Waals surface area contributed by atoms with Crippen molar-refractivity contribution in [1.29, 1.82) is 0 Å². The van der Waals surface area contributed by atoms with Crippen molar-refractivity contribution in [3.63, 3.8) is 0 Å². The summed E-state index contributed by atoms with van der Waals surface area (Å²) in [6, 6.07) is 11.9. The second-order valence-corrected chi connectivity index (χ2v) is 6.08. The first-order valence-corrected chi connectivity index (χ1v) is 7.85. The number of rotatable bonds is 2. The first kappa shape index (κ1) is 14.6. The average Bonchev–Trinajstić information content (AvgIpc) is 3.11. The van der Waals surface area contributed by atoms with Crippen molar-refractivity contribution in [1.82, 2.24) is 14.6 Å². The Morgan fingerprint density at radius 1 is 1.04 bits per heavy atom. The molecule has 0 saturated carbocycles. The average molecular weight is 341 g/mol. The van der Waals surface area contributed by atoms with Gasteiger partial charge in [0, 0.05) is 11.1 Å². The molecule has 0 amide bonds. The van der Waals surface area contributed by atoms with Gasteiger partial charge in [-0.25, -0.2) is 8.78 Å². The summed E-state index contributed by atoms with van der Waals surface area (Å²) in [5, 5.41) is 4.16. The van der Waals surface area contributed by atoms with Gasteiger partial charge in [-0.2, -0.15) is 9.50 Å². The Morgan fingerprint density at radius 3 is 2.50 bits per heavy atom. The summed E-state index contributed by atoms with van der Waals surface area (Å²) in [5.74, 6) is -0.412. The van der Waals surface area contributed by atoms with Crippen molar-refractivity contribution in [2.75, 3.05) is 0 Å². The van der Waals surface area contributed by atoms with E-state index in [1.807, 2.05) is 0 Å². The molecule has 0 spiro atoms. The molecule has 4 aromatic rings. The molecule has 2 heterocycles. The SMILES string of the molecule is O=c1/c(=C\c2ccccc2F)sc2nc(-c3ccc(F)cc3)nn12. The van der Waals surface area contributed by atoms with Gasteiger partial charge in [0.15, 0.2) is 5.82 Å². The van der Waals surface area contributed by atoms with E-state index in [1.165, 1.54) is 28.8 Å². The Kier molecular flexibility index (Phi) is 3.42. The zero-order valence-electron chi connectivity index (χ0n) is 12.1. The first-order chi connectivity index (χ1) is 11.6. The largest absolute Gasteiger partial charge is 0.291 e. The summed E-state index contributed by atoms with van der Waals surface area (Å²) in [4.78, 5) is 17.1. The summed E-state index contributed by atoms with van der Waals surface area (Å²) in [5.41, 5.74) is 0.586. The second kappa shape index (κ2) is 5.61. The maximum atomic E-state index is 13.7. The van der Waals surface area contributed by atoms with Gasteiger partial charge in [-0.05, 0) is 36.4 Å². The lowest BCUT2D eigenvalue weighted by Gasteiger charge is -1.93. The third kappa shape index (κ3) is 2.48. The van der Waals surface area contributed by atoms with Crippen LogP contribution in [-0.2, 0) is 0 Å². The maximum Gasteiger partial charge on any atom is 0.291 e. The minimum absolute atomic E-state index is 0.331. The van der Waals surface area contributed by atoms with E-state index in [4.69, 9.17) is 0 Å². The quantitative estimate of drug-likeness (QED) is 0.563. The molecule has 0 aliphatic rings. The number of nitrogens with zero attached hydrogens (tertiary/aromatic N) is 3. The summed E-state index contributed by atoms with van der Waals surface area (Å²) >= 11 is 1.13. The standard InChI is InChI=1S/C17H9F2N3OS/c18-12-7-5-10(6-8-12)15-20-17-22(21-15)16(23)14(24-17)9-11-3-1-2-4-13(11)19/h1-9H/b14-9+. The smallest absolute Gasteiger partial charge is 0.266 e. The lowest BCUT2D eigenvalue weighted by molar-refractivity contribution is 0.625. The van der Waals surface area contributed by atoms with E-state index in [0.29, 0.717) is 26.4 Å². The molecular weight excluding hydrogens is 332 g/mol. The molecule has 0 unspecified atom stereocenters. The number of halogens is 2. The van der Waals surface area contributed by atoms with Crippen molar-refractivity contribution in [2.24, 2.45) is 0 Å². The second-order valence-electron chi connectivity index (χ2n) is 5.07. The monoisotopic (exact) mass is 341 g/mol. The lowest BCUT2D eigenvalue weighted by Crippen LogP contribution is -2.23. The van der Waals surface area contributed by atoms with E-state index in [2.05, 4.69) is 10.1 Å². The Bertz CT molecular complexity index is 1150. The molecule has 2 aromatic carbocycles. The van der Waals surface area contributed by atoms with Gasteiger partial charge in [-0.1, -0.05) is 29.5 Å². The van der Waals surface area contributed by atoms with Crippen LogP contribution in [-0.4, -0.2) is 14.6 Å². The number of hydrogen-bond donors (Lipinski definition) is 0. The third-order valence-corrected chi connectivity index (χ3v) is 4.44. The highest BCUT2D eigenvalue weighted by atomic mass is 32.1. The van der Waals surface area contributed by atoms with Crippen molar-refractivity contribution in [2.45, 2.75) is 0 Å². The van der Waals surface area contributed by atoms with Gasteiger partial charge in [0.1, 0.15) is 11.6 Å². The molecule has 7 heteroatoms. The fraction of sp³-hybridized carbons (Fsp3) is 0. The van der Waals surface area contributed by atoms with Crippen LogP contribution in [0.1, 0.15) is 5.56 Å². The molecule has 0 fully saturated rings. The van der Waals surface area contributed by atoms with Crippen LogP contribution in [0, 0.1) is 11.6 Å². The van der Waals surface area contributed by atoms with E-state index in [9.17, 15) is 13.6 Å². The summed E-state index contributed by atoms with van der Waals surface area (Å²) in [7, 11) is 0. The molecule has 4 nitrogen and oxygen atoms in total. The highest BCUT2D eigenvalue weighted by Gasteiger charge is 2.12. The molecule has 0 aliphatic carbocycles. The number of thiazole rings is 1. The van der Waals surface area contributed by atoms with Crippen LogP contribution in [0.2, 0.25) is 0 Å². The Balaban J connectivity index is 1.83. The Morgan fingerprint density at radius 2 is 1.79 bits per heavy atom. The van der Waals surface area contributed by atoms with Gasteiger partial charge in [0.05, 0.1) is 4.53 Å². The van der Waals surface area contributed by atoms with Gasteiger partial charge in [-0.3, -0.25) is 4.79 Å². The summed E-state index contributed by atoms with van der Waals surface area (Å²) < 4.78 is 28.2. The van der Waals surface area contributed by atoms with Crippen LogP contribution < -0.4 is 10.1 Å². The van der Waals surface area contributed by atoms with Crippen LogP contribution in [0.15, 0.2) is 53.3 Å². The molecule has 4 rings (SSSR count). The van der Waals surface area contributed by atoms with Crippen LogP contribution in [0.5, 0.6) is 0 Å². The highest BCUT2D eigenvalue weighted by Crippen LogP contribution is 2.17. The van der Waals surface area contributed by atoms with Crippen molar-refractivity contribution in [3.05, 3.63) is 80.6 Å². The molecule has 24 heavy (non-hydrogen) atoms. The first-order valence-electron chi connectivity index (χ1n) is 7.03. The Labute approximate surface area is 138 Å². The van der Waals surface area contributed by atoms with Crippen LogP contribution >= 0.6 is 11.3 Å².